The molecule has 0 saturated carbocycles. The van der Waals surface area contributed by atoms with Crippen LogP contribution in [0.5, 0.6) is 0 Å². The van der Waals surface area contributed by atoms with Gasteiger partial charge >= 0.3 is 0 Å². The molecule has 2 nitrogen and oxygen atoms in total. The number of benzene rings is 1. The minimum absolute atomic E-state index is 0.0261. The van der Waals surface area contributed by atoms with Gasteiger partial charge in [0, 0.05) is 28.5 Å². The van der Waals surface area contributed by atoms with Crippen LogP contribution in [0.2, 0.25) is 0 Å². The molecule has 2 N–H and O–H groups in total. The predicted octanol–water partition coefficient (Wildman–Crippen LogP) is 4.13. The maximum atomic E-state index is 13.9. The van der Waals surface area contributed by atoms with Crippen LogP contribution in [0, 0.1) is 11.6 Å². The molecule has 0 aliphatic heterocycles. The largest absolute Gasteiger partial charge is 0.324 e. The van der Waals surface area contributed by atoms with Crippen LogP contribution in [0.4, 0.5) is 8.78 Å². The van der Waals surface area contributed by atoms with Gasteiger partial charge in [-0.15, -0.1) is 0 Å². The third kappa shape index (κ3) is 3.38. The quantitative estimate of drug-likeness (QED) is 0.799. The average molecular weight is 392 g/mol. The van der Waals surface area contributed by atoms with Crippen molar-refractivity contribution in [3.05, 3.63) is 62.3 Å². The van der Waals surface area contributed by atoms with E-state index < -0.39 is 17.7 Å². The predicted molar refractivity (Wildman–Crippen MR) is 76.6 cm³/mol. The van der Waals surface area contributed by atoms with Gasteiger partial charge in [0.25, 0.3) is 0 Å². The van der Waals surface area contributed by atoms with Crippen LogP contribution in [0.3, 0.4) is 0 Å². The standard InChI is InChI=1S/C13H10Br2F2N2/c14-8-3-7(5-19-6-8)12(18)4-9-11(16)2-1-10(15)13(9)17/h1-3,5-6,12H,4,18H2. The van der Waals surface area contributed by atoms with E-state index in [9.17, 15) is 8.78 Å². The van der Waals surface area contributed by atoms with Gasteiger partial charge in [0.05, 0.1) is 4.47 Å². The van der Waals surface area contributed by atoms with Crippen LogP contribution in [-0.2, 0) is 6.42 Å². The van der Waals surface area contributed by atoms with Gasteiger partial charge in [0.1, 0.15) is 11.6 Å². The van der Waals surface area contributed by atoms with Crippen LogP contribution in [0.1, 0.15) is 17.2 Å². The summed E-state index contributed by atoms with van der Waals surface area (Å²) in [7, 11) is 0. The fourth-order valence-electron chi connectivity index (χ4n) is 1.73. The molecule has 0 aliphatic carbocycles. The van der Waals surface area contributed by atoms with Crippen molar-refractivity contribution in [3.63, 3.8) is 0 Å². The third-order valence-electron chi connectivity index (χ3n) is 2.72. The van der Waals surface area contributed by atoms with Gasteiger partial charge in [0.15, 0.2) is 0 Å². The van der Waals surface area contributed by atoms with E-state index in [1.165, 1.54) is 12.1 Å². The van der Waals surface area contributed by atoms with Crippen molar-refractivity contribution >= 4 is 31.9 Å². The molecule has 1 heterocycles. The maximum absolute atomic E-state index is 13.9. The number of aromatic nitrogens is 1. The van der Waals surface area contributed by atoms with E-state index in [-0.39, 0.29) is 16.5 Å². The molecule has 1 aromatic carbocycles. The van der Waals surface area contributed by atoms with Crippen molar-refractivity contribution in [1.29, 1.82) is 0 Å². The number of hydrogen-bond donors (Lipinski definition) is 1. The van der Waals surface area contributed by atoms with E-state index in [2.05, 4.69) is 36.8 Å². The first-order valence-electron chi connectivity index (χ1n) is 5.47. The minimum atomic E-state index is -0.613. The number of hydrogen-bond acceptors (Lipinski definition) is 2. The number of pyridine rings is 1. The van der Waals surface area contributed by atoms with E-state index in [4.69, 9.17) is 5.73 Å². The van der Waals surface area contributed by atoms with E-state index in [0.29, 0.717) is 5.56 Å². The molecule has 0 spiro atoms. The molecule has 6 heteroatoms. The van der Waals surface area contributed by atoms with Crippen molar-refractivity contribution in [2.75, 3.05) is 0 Å². The SMILES string of the molecule is NC(Cc1c(F)ccc(Br)c1F)c1cncc(Br)c1. The minimum Gasteiger partial charge on any atom is -0.324 e. The van der Waals surface area contributed by atoms with Gasteiger partial charge in [0.2, 0.25) is 0 Å². The Morgan fingerprint density at radius 1 is 1.21 bits per heavy atom. The van der Waals surface area contributed by atoms with Gasteiger partial charge in [-0.3, -0.25) is 4.98 Å². The molecule has 19 heavy (non-hydrogen) atoms. The summed E-state index contributed by atoms with van der Waals surface area (Å²) in [4.78, 5) is 3.99. The lowest BCUT2D eigenvalue weighted by molar-refractivity contribution is 0.536. The first-order valence-corrected chi connectivity index (χ1v) is 7.06. The van der Waals surface area contributed by atoms with Crippen LogP contribution >= 0.6 is 31.9 Å². The summed E-state index contributed by atoms with van der Waals surface area (Å²) in [5.74, 6) is -1.21. The highest BCUT2D eigenvalue weighted by atomic mass is 79.9. The average Bonchev–Trinajstić information content (AvgIpc) is 2.39. The van der Waals surface area contributed by atoms with Crippen molar-refractivity contribution in [2.45, 2.75) is 12.5 Å². The van der Waals surface area contributed by atoms with Crippen LogP contribution < -0.4 is 5.73 Å². The van der Waals surface area contributed by atoms with Crippen LogP contribution in [0.25, 0.3) is 0 Å². The van der Waals surface area contributed by atoms with Crippen molar-refractivity contribution < 1.29 is 8.78 Å². The molecular weight excluding hydrogens is 382 g/mol. The molecule has 100 valence electrons. The van der Waals surface area contributed by atoms with Crippen LogP contribution in [0.15, 0.2) is 39.5 Å². The molecule has 1 aromatic heterocycles. The first-order chi connectivity index (χ1) is 8.99. The molecule has 0 radical (unpaired) electrons. The van der Waals surface area contributed by atoms with E-state index in [1.807, 2.05) is 0 Å². The van der Waals surface area contributed by atoms with Crippen molar-refractivity contribution in [3.8, 4) is 0 Å². The molecular formula is C13H10Br2F2N2. The molecule has 2 aromatic rings. The summed E-state index contributed by atoms with van der Waals surface area (Å²) in [6, 6.07) is 3.81. The molecule has 0 amide bonds. The summed E-state index contributed by atoms with van der Waals surface area (Å²) in [6.07, 6.45) is 3.27. The monoisotopic (exact) mass is 390 g/mol. The zero-order valence-electron chi connectivity index (χ0n) is 9.71. The van der Waals surface area contributed by atoms with Crippen molar-refractivity contribution in [2.24, 2.45) is 5.73 Å². The molecule has 1 atom stereocenters. The Balaban J connectivity index is 2.29. The van der Waals surface area contributed by atoms with Gasteiger partial charge in [-0.25, -0.2) is 8.78 Å². The Morgan fingerprint density at radius 3 is 2.63 bits per heavy atom. The number of rotatable bonds is 3. The smallest absolute Gasteiger partial charge is 0.143 e. The Bertz CT molecular complexity index is 605. The highest BCUT2D eigenvalue weighted by molar-refractivity contribution is 9.10. The highest BCUT2D eigenvalue weighted by Gasteiger charge is 2.17. The first kappa shape index (κ1) is 14.6. The lowest BCUT2D eigenvalue weighted by Gasteiger charge is -2.14. The second kappa shape index (κ2) is 6.07. The number of halogens is 4. The van der Waals surface area contributed by atoms with Gasteiger partial charge in [-0.2, -0.15) is 0 Å². The Labute approximate surface area is 126 Å². The molecule has 0 aliphatic rings. The van der Waals surface area contributed by atoms with Gasteiger partial charge in [-0.1, -0.05) is 0 Å². The Kier molecular flexibility index (Phi) is 4.65. The topological polar surface area (TPSA) is 38.9 Å². The van der Waals surface area contributed by atoms with E-state index in [0.717, 1.165) is 4.47 Å². The lowest BCUT2D eigenvalue weighted by Crippen LogP contribution is -2.15. The zero-order valence-corrected chi connectivity index (χ0v) is 12.9. The number of nitrogens with zero attached hydrogens (tertiary/aromatic N) is 1. The van der Waals surface area contributed by atoms with Gasteiger partial charge in [-0.05, 0) is 62.0 Å². The van der Waals surface area contributed by atoms with Gasteiger partial charge < -0.3 is 5.73 Å². The normalized spacial score (nSPS) is 12.5. The number of nitrogens with two attached hydrogens (primary N) is 1. The van der Waals surface area contributed by atoms with E-state index in [1.54, 1.807) is 18.5 Å². The fourth-order valence-corrected chi connectivity index (χ4v) is 2.48. The summed E-state index contributed by atoms with van der Waals surface area (Å²) in [5, 5.41) is 0. The lowest BCUT2D eigenvalue weighted by atomic mass is 10.0. The fraction of sp³-hybridized carbons (Fsp3) is 0.154. The molecule has 1 unspecified atom stereocenters. The van der Waals surface area contributed by atoms with E-state index >= 15 is 0 Å². The molecule has 0 saturated heterocycles. The highest BCUT2D eigenvalue weighted by Crippen LogP contribution is 2.26. The second-order valence-electron chi connectivity index (χ2n) is 4.07. The summed E-state index contributed by atoms with van der Waals surface area (Å²) < 4.78 is 28.5. The Hall–Kier alpha value is -0.850. The second-order valence-corrected chi connectivity index (χ2v) is 5.84. The summed E-state index contributed by atoms with van der Waals surface area (Å²) >= 11 is 6.32. The molecule has 0 bridgehead atoms. The summed E-state index contributed by atoms with van der Waals surface area (Å²) in [5.41, 5.74) is 6.66. The molecule has 0 fully saturated rings. The molecule has 2 rings (SSSR count). The zero-order chi connectivity index (χ0) is 14.0. The third-order valence-corrected chi connectivity index (χ3v) is 3.76. The van der Waals surface area contributed by atoms with Crippen LogP contribution in [-0.4, -0.2) is 4.98 Å². The summed E-state index contributed by atoms with van der Waals surface area (Å²) in [6.45, 7) is 0. The van der Waals surface area contributed by atoms with Crippen molar-refractivity contribution in [1.82, 2.24) is 4.98 Å². The maximum Gasteiger partial charge on any atom is 0.143 e. The Morgan fingerprint density at radius 2 is 1.95 bits per heavy atom.